The average Bonchev–Trinajstić information content (AvgIpc) is 3.43. The van der Waals surface area contributed by atoms with Crippen LogP contribution in [0.5, 0.6) is 0 Å². The van der Waals surface area contributed by atoms with Gasteiger partial charge < -0.3 is 9.84 Å². The fourth-order valence-corrected chi connectivity index (χ4v) is 6.54. The second-order valence-electron chi connectivity index (χ2n) is 8.10. The Balaban J connectivity index is 1.16. The number of aryl methyl sites for hydroxylation is 1. The molecule has 0 fully saturated rings. The van der Waals surface area contributed by atoms with Crippen molar-refractivity contribution in [2.75, 3.05) is 11.3 Å². The molecule has 0 atom stereocenters. The lowest BCUT2D eigenvalue weighted by atomic mass is 10.1. The molecule has 0 saturated carbocycles. The van der Waals surface area contributed by atoms with Crippen LogP contribution in [0.3, 0.4) is 0 Å². The third kappa shape index (κ3) is 5.48. The molecule has 0 aliphatic heterocycles. The number of halogens is 2. The summed E-state index contributed by atoms with van der Waals surface area (Å²) in [4.78, 5) is 0. The fraction of sp³-hybridized carbons (Fsp3) is 0.160. The van der Waals surface area contributed by atoms with Gasteiger partial charge in [-0.15, -0.1) is 11.3 Å². The van der Waals surface area contributed by atoms with E-state index in [1.165, 1.54) is 23.5 Å². The van der Waals surface area contributed by atoms with E-state index in [1.54, 1.807) is 30.3 Å². The molecule has 2 heterocycles. The number of fused-ring (bicyclic) bond motifs is 2. The minimum Gasteiger partial charge on any atom is -0.356 e. The Morgan fingerprint density at radius 3 is 2.83 bits per heavy atom. The van der Waals surface area contributed by atoms with Crippen molar-refractivity contribution in [3.05, 3.63) is 88.8 Å². The van der Waals surface area contributed by atoms with Gasteiger partial charge in [-0.1, -0.05) is 35.0 Å². The van der Waals surface area contributed by atoms with E-state index < -0.39 is 10.0 Å². The SMILES string of the molecule is O=S(=O)(Nc1cccc(CNCCCc2noc3cc(F)ccc23)c1)c1cc2ccc(Cl)cc2s1. The maximum Gasteiger partial charge on any atom is 0.271 e. The molecule has 0 amide bonds. The second kappa shape index (κ2) is 9.94. The van der Waals surface area contributed by atoms with Crippen molar-refractivity contribution in [3.63, 3.8) is 0 Å². The number of hydrogen-bond donors (Lipinski definition) is 2. The van der Waals surface area contributed by atoms with Gasteiger partial charge in [0.2, 0.25) is 0 Å². The van der Waals surface area contributed by atoms with E-state index in [1.807, 2.05) is 24.3 Å². The van der Waals surface area contributed by atoms with Crippen LogP contribution in [0.2, 0.25) is 5.02 Å². The van der Waals surface area contributed by atoms with Gasteiger partial charge in [-0.3, -0.25) is 4.72 Å². The lowest BCUT2D eigenvalue weighted by Gasteiger charge is -2.09. The molecule has 6 nitrogen and oxygen atoms in total. The van der Waals surface area contributed by atoms with Crippen molar-refractivity contribution in [1.29, 1.82) is 0 Å². The van der Waals surface area contributed by atoms with Gasteiger partial charge in [-0.25, -0.2) is 12.8 Å². The van der Waals surface area contributed by atoms with Gasteiger partial charge in [0.1, 0.15) is 10.0 Å². The van der Waals surface area contributed by atoms with E-state index in [-0.39, 0.29) is 10.0 Å². The van der Waals surface area contributed by atoms with Gasteiger partial charge in [-0.2, -0.15) is 0 Å². The number of thiophene rings is 1. The molecule has 3 aromatic carbocycles. The second-order valence-corrected chi connectivity index (χ2v) is 11.5. The summed E-state index contributed by atoms with van der Waals surface area (Å²) in [5.74, 6) is -0.347. The normalized spacial score (nSPS) is 11.9. The average molecular weight is 530 g/mol. The monoisotopic (exact) mass is 529 g/mol. The van der Waals surface area contributed by atoms with E-state index in [0.717, 1.165) is 39.7 Å². The molecule has 0 saturated heterocycles. The summed E-state index contributed by atoms with van der Waals surface area (Å²) in [6.07, 6.45) is 1.52. The van der Waals surface area contributed by atoms with Gasteiger partial charge >= 0.3 is 0 Å². The Hall–Kier alpha value is -2.98. The molecular formula is C25H21ClFN3O3S2. The largest absolute Gasteiger partial charge is 0.356 e. The molecule has 0 aliphatic rings. The lowest BCUT2D eigenvalue weighted by Crippen LogP contribution is -2.16. The Morgan fingerprint density at radius 1 is 1.06 bits per heavy atom. The summed E-state index contributed by atoms with van der Waals surface area (Å²) < 4.78 is 48.0. The van der Waals surface area contributed by atoms with Gasteiger partial charge in [0, 0.05) is 33.4 Å². The molecule has 2 N–H and O–H groups in total. The number of rotatable bonds is 9. The zero-order valence-electron chi connectivity index (χ0n) is 18.4. The Morgan fingerprint density at radius 2 is 1.94 bits per heavy atom. The topological polar surface area (TPSA) is 84.2 Å². The van der Waals surface area contributed by atoms with Crippen molar-refractivity contribution in [2.24, 2.45) is 0 Å². The zero-order valence-corrected chi connectivity index (χ0v) is 20.8. The van der Waals surface area contributed by atoms with Crippen LogP contribution in [-0.2, 0) is 23.0 Å². The molecule has 180 valence electrons. The quantitative estimate of drug-likeness (QED) is 0.217. The third-order valence-corrected chi connectivity index (χ3v) is 8.70. The first kappa shape index (κ1) is 23.7. The minimum atomic E-state index is -3.71. The van der Waals surface area contributed by atoms with Crippen molar-refractivity contribution in [2.45, 2.75) is 23.6 Å². The maximum absolute atomic E-state index is 13.3. The van der Waals surface area contributed by atoms with Crippen molar-refractivity contribution in [1.82, 2.24) is 10.5 Å². The first-order valence-electron chi connectivity index (χ1n) is 10.9. The van der Waals surface area contributed by atoms with Crippen molar-refractivity contribution >= 4 is 59.7 Å². The summed E-state index contributed by atoms with van der Waals surface area (Å²) in [5.41, 5.74) is 2.71. The number of aromatic nitrogens is 1. The van der Waals surface area contributed by atoms with Crippen LogP contribution in [-0.4, -0.2) is 20.1 Å². The Labute approximate surface area is 210 Å². The van der Waals surface area contributed by atoms with E-state index in [9.17, 15) is 12.8 Å². The summed E-state index contributed by atoms with van der Waals surface area (Å²) in [5, 5.41) is 9.63. The van der Waals surface area contributed by atoms with Crippen LogP contribution in [0.15, 0.2) is 75.5 Å². The van der Waals surface area contributed by atoms with Gasteiger partial charge in [0.15, 0.2) is 5.58 Å². The molecule has 0 spiro atoms. The molecular weight excluding hydrogens is 509 g/mol. The number of hydrogen-bond acceptors (Lipinski definition) is 6. The van der Waals surface area contributed by atoms with Gasteiger partial charge in [0.25, 0.3) is 10.0 Å². The summed E-state index contributed by atoms with van der Waals surface area (Å²) >= 11 is 7.20. The van der Waals surface area contributed by atoms with Crippen molar-refractivity contribution < 1.29 is 17.3 Å². The lowest BCUT2D eigenvalue weighted by molar-refractivity contribution is 0.442. The van der Waals surface area contributed by atoms with Crippen LogP contribution in [0, 0.1) is 5.82 Å². The number of benzene rings is 3. The number of nitrogens with zero attached hydrogens (tertiary/aromatic N) is 1. The first-order chi connectivity index (χ1) is 16.9. The summed E-state index contributed by atoms with van der Waals surface area (Å²) in [6, 6.07) is 18.7. The highest BCUT2D eigenvalue weighted by Crippen LogP contribution is 2.32. The Bertz CT molecular complexity index is 1620. The minimum absolute atomic E-state index is 0.237. The summed E-state index contributed by atoms with van der Waals surface area (Å²) in [6.45, 7) is 1.32. The van der Waals surface area contributed by atoms with Gasteiger partial charge in [-0.05, 0) is 72.8 Å². The van der Waals surface area contributed by atoms with Crippen LogP contribution >= 0.6 is 22.9 Å². The molecule has 10 heteroatoms. The number of nitrogens with one attached hydrogen (secondary N) is 2. The van der Waals surface area contributed by atoms with Crippen LogP contribution in [0.25, 0.3) is 21.1 Å². The highest BCUT2D eigenvalue weighted by Gasteiger charge is 2.18. The Kier molecular flexibility index (Phi) is 6.75. The molecule has 35 heavy (non-hydrogen) atoms. The van der Waals surface area contributed by atoms with Crippen LogP contribution < -0.4 is 10.0 Å². The predicted octanol–water partition coefficient (Wildman–Crippen LogP) is 6.36. The highest BCUT2D eigenvalue weighted by molar-refractivity contribution is 7.94. The molecule has 0 bridgehead atoms. The number of anilines is 1. The van der Waals surface area contributed by atoms with E-state index >= 15 is 0 Å². The first-order valence-corrected chi connectivity index (χ1v) is 13.6. The van der Waals surface area contributed by atoms with E-state index in [4.69, 9.17) is 16.1 Å². The molecule has 5 aromatic rings. The highest BCUT2D eigenvalue weighted by atomic mass is 35.5. The van der Waals surface area contributed by atoms with Crippen LogP contribution in [0.1, 0.15) is 17.7 Å². The third-order valence-electron chi connectivity index (χ3n) is 5.51. The molecule has 0 unspecified atom stereocenters. The van der Waals surface area contributed by atoms with E-state index in [0.29, 0.717) is 29.3 Å². The smallest absolute Gasteiger partial charge is 0.271 e. The fourth-order valence-electron chi connectivity index (χ4n) is 3.82. The zero-order chi connectivity index (χ0) is 24.4. The summed E-state index contributed by atoms with van der Waals surface area (Å²) in [7, 11) is -3.71. The molecule has 0 aliphatic carbocycles. The van der Waals surface area contributed by atoms with Gasteiger partial charge in [0.05, 0.1) is 5.69 Å². The molecule has 5 rings (SSSR count). The number of sulfonamides is 1. The standard InChI is InChI=1S/C25H21ClFN3O3S2/c26-18-7-6-17-12-25(34-24(17)13-18)35(31,32)30-20-4-1-3-16(11-20)15-28-10-2-5-22-21-9-8-19(27)14-23(21)33-29-22/h1,3-4,6-9,11-14,28,30H,2,5,10,15H2. The maximum atomic E-state index is 13.3. The predicted molar refractivity (Wildman–Crippen MR) is 138 cm³/mol. The van der Waals surface area contributed by atoms with Crippen molar-refractivity contribution in [3.8, 4) is 0 Å². The van der Waals surface area contributed by atoms with E-state index in [2.05, 4.69) is 15.2 Å². The van der Waals surface area contributed by atoms with Crippen LogP contribution in [0.4, 0.5) is 10.1 Å². The molecule has 2 aromatic heterocycles. The molecule has 0 radical (unpaired) electrons.